The summed E-state index contributed by atoms with van der Waals surface area (Å²) in [4.78, 5) is 26.0. The number of nitrogens with zero attached hydrogens (tertiary/aromatic N) is 4. The largest absolute Gasteiger partial charge is 0.508 e. The fourth-order valence-electron chi connectivity index (χ4n) is 6.02. The first-order valence-corrected chi connectivity index (χ1v) is 13.9. The monoisotopic (exact) mass is 556 g/mol. The number of hydrogen-bond acceptors (Lipinski definition) is 8. The number of phenolic OH excluding ortho intramolecular Hbond substituents is 1. The molecule has 1 aromatic heterocycles. The number of phenols is 1. The molecule has 1 saturated heterocycles. The van der Waals surface area contributed by atoms with E-state index in [1.165, 1.54) is 47.3 Å². The zero-order valence-corrected chi connectivity index (χ0v) is 23.1. The normalized spacial score (nSPS) is 26.5. The highest BCUT2D eigenvalue weighted by molar-refractivity contribution is 8.19. The van der Waals surface area contributed by atoms with E-state index < -0.39 is 4.92 Å². The van der Waals surface area contributed by atoms with E-state index in [4.69, 9.17) is 9.52 Å². The first-order valence-electron chi connectivity index (χ1n) is 13.1. The van der Waals surface area contributed by atoms with Gasteiger partial charge in [0.25, 0.3) is 11.6 Å². The van der Waals surface area contributed by atoms with Gasteiger partial charge < -0.3 is 9.52 Å². The van der Waals surface area contributed by atoms with E-state index in [9.17, 15) is 20.0 Å². The molecule has 3 aromatic rings. The van der Waals surface area contributed by atoms with Gasteiger partial charge in [-0.15, -0.1) is 5.10 Å². The molecule has 40 heavy (non-hydrogen) atoms. The molecule has 3 aliphatic rings. The van der Waals surface area contributed by atoms with Gasteiger partial charge in [-0.1, -0.05) is 20.8 Å². The summed E-state index contributed by atoms with van der Waals surface area (Å²) in [6.07, 6.45) is 4.86. The molecule has 1 aliphatic heterocycles. The number of non-ortho nitro benzene ring substituents is 1. The Hall–Kier alpha value is -4.18. The highest BCUT2D eigenvalue weighted by Crippen LogP contribution is 2.64. The van der Waals surface area contributed by atoms with Crippen LogP contribution in [0.3, 0.4) is 0 Å². The molecule has 2 heterocycles. The Labute approximate surface area is 235 Å². The van der Waals surface area contributed by atoms with Crippen molar-refractivity contribution in [1.29, 1.82) is 0 Å². The number of carbonyl (C=O) groups is 1. The molecule has 2 bridgehead atoms. The second-order valence-corrected chi connectivity index (χ2v) is 12.2. The number of benzene rings is 2. The zero-order valence-electron chi connectivity index (χ0n) is 22.3. The lowest BCUT2D eigenvalue weighted by Crippen LogP contribution is -2.32. The first kappa shape index (κ1) is 26.1. The smallest absolute Gasteiger partial charge is 0.271 e. The maximum atomic E-state index is 13.6. The van der Waals surface area contributed by atoms with Gasteiger partial charge in [-0.3, -0.25) is 19.8 Å². The van der Waals surface area contributed by atoms with Crippen molar-refractivity contribution in [2.45, 2.75) is 40.0 Å². The summed E-state index contributed by atoms with van der Waals surface area (Å²) in [5.41, 5.74) is 2.48. The Balaban J connectivity index is 1.32. The lowest BCUT2D eigenvalue weighted by atomic mass is 9.70. The van der Waals surface area contributed by atoms with Crippen LogP contribution in [0.15, 0.2) is 80.2 Å². The van der Waals surface area contributed by atoms with Crippen LogP contribution in [0.4, 0.5) is 11.4 Å². The number of aromatic hydroxyl groups is 1. The lowest BCUT2D eigenvalue weighted by Gasteiger charge is -2.34. The first-order chi connectivity index (χ1) is 19.1. The van der Waals surface area contributed by atoms with Crippen LogP contribution in [0.2, 0.25) is 0 Å². The Kier molecular flexibility index (Phi) is 6.18. The minimum Gasteiger partial charge on any atom is -0.508 e. The zero-order chi connectivity index (χ0) is 28.2. The molecule has 2 aliphatic carbocycles. The van der Waals surface area contributed by atoms with E-state index in [0.29, 0.717) is 38.8 Å². The van der Waals surface area contributed by atoms with E-state index in [2.05, 4.69) is 25.9 Å². The van der Waals surface area contributed by atoms with Gasteiger partial charge in [0.05, 0.1) is 15.5 Å². The third kappa shape index (κ3) is 4.23. The van der Waals surface area contributed by atoms with Gasteiger partial charge in [-0.05, 0) is 90.9 Å². The van der Waals surface area contributed by atoms with Crippen LogP contribution < -0.4 is 4.90 Å². The van der Waals surface area contributed by atoms with Crippen LogP contribution in [0.25, 0.3) is 17.4 Å². The van der Waals surface area contributed by atoms with Gasteiger partial charge in [-0.25, -0.2) is 0 Å². The van der Waals surface area contributed by atoms with Crippen LogP contribution in [0, 0.1) is 26.9 Å². The van der Waals surface area contributed by atoms with Crippen LogP contribution in [0.5, 0.6) is 5.75 Å². The quantitative estimate of drug-likeness (QED) is 0.201. The second kappa shape index (κ2) is 9.48. The Morgan fingerprint density at radius 3 is 2.42 bits per heavy atom. The molecule has 1 N–H and O–H groups in total. The topological polar surface area (TPSA) is 122 Å². The van der Waals surface area contributed by atoms with Crippen molar-refractivity contribution in [2.75, 3.05) is 4.90 Å². The third-order valence-electron chi connectivity index (χ3n) is 8.95. The van der Waals surface area contributed by atoms with Crippen LogP contribution >= 0.6 is 11.8 Å². The summed E-state index contributed by atoms with van der Waals surface area (Å²) in [6.45, 7) is 6.90. The fraction of sp³-hybridized carbons (Fsp3) is 0.300. The van der Waals surface area contributed by atoms with Gasteiger partial charge >= 0.3 is 0 Å². The molecule has 0 radical (unpaired) electrons. The van der Waals surface area contributed by atoms with E-state index in [-0.39, 0.29) is 28.2 Å². The van der Waals surface area contributed by atoms with Gasteiger partial charge in [0.15, 0.2) is 0 Å². The highest BCUT2D eigenvalue weighted by Gasteiger charge is 2.60. The average Bonchev–Trinajstić information content (AvgIpc) is 3.63. The van der Waals surface area contributed by atoms with Crippen molar-refractivity contribution in [1.82, 2.24) is 0 Å². The Morgan fingerprint density at radius 1 is 1.07 bits per heavy atom. The SMILES string of the molecule is CC12CCC(CC1=NN=C1SC(=Cc3ccc(-c4ccc([N+](=O)[O-])cc4)o3)C(=O)N1c1ccc(O)cc1)C2(C)C. The van der Waals surface area contributed by atoms with Gasteiger partial charge in [0, 0.05) is 34.9 Å². The molecule has 2 aromatic carbocycles. The number of rotatable bonds is 5. The molecular formula is C30H28N4O5S. The van der Waals surface area contributed by atoms with E-state index in [0.717, 1.165) is 18.6 Å². The summed E-state index contributed by atoms with van der Waals surface area (Å²) in [5.74, 6) is 1.40. The fourth-order valence-corrected chi connectivity index (χ4v) is 6.93. The van der Waals surface area contributed by atoms with E-state index in [1.807, 2.05) is 0 Å². The van der Waals surface area contributed by atoms with Crippen LogP contribution in [-0.4, -0.2) is 26.8 Å². The number of fused-ring (bicyclic) bond motifs is 2. The maximum absolute atomic E-state index is 13.6. The standard InChI is InChI=1S/C30H28N4O5S/c1-29(2)19-14-15-30(29,3)26(16-19)31-32-28-33(20-8-10-22(35)11-9-20)27(36)25(40-28)17-23-12-13-24(39-23)18-4-6-21(7-5-18)34(37)38/h4-13,17,19,35H,14-16H2,1-3H3. The predicted molar refractivity (Wildman–Crippen MR) is 156 cm³/mol. The molecule has 3 fully saturated rings. The number of thioether (sulfide) groups is 1. The number of amidine groups is 1. The Bertz CT molecular complexity index is 1600. The summed E-state index contributed by atoms with van der Waals surface area (Å²) in [5, 5.41) is 30.5. The molecule has 6 rings (SSSR count). The summed E-state index contributed by atoms with van der Waals surface area (Å²) < 4.78 is 5.95. The van der Waals surface area contributed by atoms with Gasteiger partial charge in [0.1, 0.15) is 17.3 Å². The molecule has 2 saturated carbocycles. The van der Waals surface area contributed by atoms with E-state index >= 15 is 0 Å². The maximum Gasteiger partial charge on any atom is 0.271 e. The minimum absolute atomic E-state index is 0.00157. The number of amides is 1. The van der Waals surface area contributed by atoms with Crippen molar-refractivity contribution in [2.24, 2.45) is 27.0 Å². The van der Waals surface area contributed by atoms with Crippen molar-refractivity contribution in [3.05, 3.63) is 81.4 Å². The predicted octanol–water partition coefficient (Wildman–Crippen LogP) is 7.24. The van der Waals surface area contributed by atoms with Crippen molar-refractivity contribution >= 4 is 46.0 Å². The third-order valence-corrected chi connectivity index (χ3v) is 9.90. The molecule has 2 unspecified atom stereocenters. The van der Waals surface area contributed by atoms with Crippen molar-refractivity contribution < 1.29 is 19.2 Å². The molecule has 9 nitrogen and oxygen atoms in total. The average molecular weight is 557 g/mol. The minimum atomic E-state index is -0.451. The van der Waals surface area contributed by atoms with Crippen LogP contribution in [0.1, 0.15) is 45.8 Å². The lowest BCUT2D eigenvalue weighted by molar-refractivity contribution is -0.384. The number of carbonyl (C=O) groups excluding carboxylic acids is 1. The number of nitro benzene ring substituents is 1. The number of furan rings is 1. The molecule has 10 heteroatoms. The highest BCUT2D eigenvalue weighted by atomic mass is 32.2. The molecular weight excluding hydrogens is 528 g/mol. The number of nitro groups is 1. The molecule has 204 valence electrons. The Morgan fingerprint density at radius 2 is 1.80 bits per heavy atom. The summed E-state index contributed by atoms with van der Waals surface area (Å²) in [6, 6.07) is 16.0. The van der Waals surface area contributed by atoms with Gasteiger partial charge in [-0.2, -0.15) is 5.10 Å². The van der Waals surface area contributed by atoms with Crippen molar-refractivity contribution in [3.8, 4) is 17.1 Å². The number of hydrogen-bond donors (Lipinski definition) is 1. The summed E-state index contributed by atoms with van der Waals surface area (Å²) in [7, 11) is 0. The molecule has 0 spiro atoms. The van der Waals surface area contributed by atoms with Crippen LogP contribution in [-0.2, 0) is 4.79 Å². The molecule has 1 amide bonds. The summed E-state index contributed by atoms with van der Waals surface area (Å²) >= 11 is 1.22. The molecule has 2 atom stereocenters. The number of anilines is 1. The van der Waals surface area contributed by atoms with E-state index in [1.54, 1.807) is 42.5 Å². The van der Waals surface area contributed by atoms with Gasteiger partial charge in [0.2, 0.25) is 5.17 Å². The van der Waals surface area contributed by atoms with Crippen molar-refractivity contribution in [3.63, 3.8) is 0 Å². The second-order valence-electron chi connectivity index (χ2n) is 11.2.